The number of unbranched alkanes of at least 4 members (excludes halogenated alkanes) is 1. The van der Waals surface area contributed by atoms with E-state index in [1.54, 1.807) is 0 Å². The molecule has 0 bridgehead atoms. The minimum absolute atomic E-state index is 0.214. The van der Waals surface area contributed by atoms with Crippen LogP contribution >= 0.6 is 0 Å². The number of rotatable bonds is 7. The first kappa shape index (κ1) is 16.5. The predicted molar refractivity (Wildman–Crippen MR) is 80.9 cm³/mol. The quantitative estimate of drug-likeness (QED) is 0.697. The van der Waals surface area contributed by atoms with Gasteiger partial charge in [-0.25, -0.2) is 0 Å². The van der Waals surface area contributed by atoms with E-state index in [0.717, 1.165) is 31.6 Å². The molecule has 3 N–H and O–H groups in total. The van der Waals surface area contributed by atoms with Crippen LogP contribution < -0.4 is 11.1 Å². The van der Waals surface area contributed by atoms with E-state index in [-0.39, 0.29) is 5.91 Å². The lowest BCUT2D eigenvalue weighted by atomic mass is 9.69. The molecule has 0 radical (unpaired) electrons. The third-order valence-electron chi connectivity index (χ3n) is 4.97. The monoisotopic (exact) mass is 268 g/mol. The molecule has 1 rings (SSSR count). The van der Waals surface area contributed by atoms with Gasteiger partial charge in [-0.15, -0.1) is 0 Å². The lowest BCUT2D eigenvalue weighted by Gasteiger charge is -2.39. The zero-order valence-corrected chi connectivity index (χ0v) is 13.0. The van der Waals surface area contributed by atoms with Crippen molar-refractivity contribution in [3.8, 4) is 0 Å². The number of carbonyl (C=O) groups excluding carboxylic acids is 1. The molecule has 0 atom stereocenters. The number of nitrogens with one attached hydrogen (secondary N) is 1. The van der Waals surface area contributed by atoms with Crippen LogP contribution in [-0.4, -0.2) is 18.5 Å². The molecule has 0 aromatic rings. The molecular formula is C16H32N2O. The highest BCUT2D eigenvalue weighted by molar-refractivity contribution is 5.76. The Hall–Kier alpha value is -0.570. The molecule has 0 unspecified atom stereocenters. The standard InChI is InChI=1S/C16H32N2O/c1-4-16(2,3)13-8-10-14(11-9-13)18-15(19)7-5-6-12-17/h13-14H,4-12,17H2,1-3H3,(H,18,19). The van der Waals surface area contributed by atoms with E-state index in [0.29, 0.717) is 24.4 Å². The molecule has 0 spiro atoms. The van der Waals surface area contributed by atoms with Gasteiger partial charge in [0.2, 0.25) is 5.91 Å². The fourth-order valence-corrected chi connectivity index (χ4v) is 3.04. The largest absolute Gasteiger partial charge is 0.353 e. The predicted octanol–water partition coefficient (Wildman–Crippen LogP) is 3.23. The second-order valence-electron chi connectivity index (χ2n) is 6.70. The first-order chi connectivity index (χ1) is 8.99. The molecule has 0 aromatic heterocycles. The summed E-state index contributed by atoms with van der Waals surface area (Å²) in [6, 6.07) is 0.411. The molecule has 1 aliphatic rings. The Balaban J connectivity index is 2.25. The van der Waals surface area contributed by atoms with Crippen LogP contribution in [0.3, 0.4) is 0 Å². The fourth-order valence-electron chi connectivity index (χ4n) is 3.04. The Bertz CT molecular complexity index is 268. The fraction of sp³-hybridized carbons (Fsp3) is 0.938. The van der Waals surface area contributed by atoms with Crippen LogP contribution in [0, 0.1) is 11.3 Å². The highest BCUT2D eigenvalue weighted by atomic mass is 16.1. The normalized spacial score (nSPS) is 24.2. The summed E-state index contributed by atoms with van der Waals surface area (Å²) in [7, 11) is 0. The number of carbonyl (C=O) groups is 1. The lowest BCUT2D eigenvalue weighted by Crippen LogP contribution is -2.39. The van der Waals surface area contributed by atoms with E-state index < -0.39 is 0 Å². The second kappa shape index (κ2) is 7.88. The van der Waals surface area contributed by atoms with Crippen molar-refractivity contribution >= 4 is 5.91 Å². The summed E-state index contributed by atoms with van der Waals surface area (Å²) in [6.45, 7) is 7.72. The van der Waals surface area contributed by atoms with Gasteiger partial charge in [-0.2, -0.15) is 0 Å². The SMILES string of the molecule is CCC(C)(C)C1CCC(NC(=O)CCCCN)CC1. The molecule has 0 aromatic carbocycles. The van der Waals surface area contributed by atoms with Crippen molar-refractivity contribution in [3.05, 3.63) is 0 Å². The maximum atomic E-state index is 11.8. The van der Waals surface area contributed by atoms with Crippen molar-refractivity contribution in [1.82, 2.24) is 5.32 Å². The van der Waals surface area contributed by atoms with Gasteiger partial charge in [0, 0.05) is 12.5 Å². The van der Waals surface area contributed by atoms with Gasteiger partial charge in [0.1, 0.15) is 0 Å². The Kier molecular flexibility index (Phi) is 6.84. The lowest BCUT2D eigenvalue weighted by molar-refractivity contribution is -0.122. The van der Waals surface area contributed by atoms with Gasteiger partial charge in [0.25, 0.3) is 0 Å². The third kappa shape index (κ3) is 5.52. The van der Waals surface area contributed by atoms with Gasteiger partial charge in [-0.1, -0.05) is 27.2 Å². The molecule has 112 valence electrons. The zero-order chi connectivity index (χ0) is 14.3. The van der Waals surface area contributed by atoms with Gasteiger partial charge in [-0.05, 0) is 56.4 Å². The second-order valence-corrected chi connectivity index (χ2v) is 6.70. The molecule has 1 saturated carbocycles. The van der Waals surface area contributed by atoms with Crippen molar-refractivity contribution < 1.29 is 4.79 Å². The van der Waals surface area contributed by atoms with Crippen molar-refractivity contribution in [2.45, 2.75) is 78.2 Å². The summed E-state index contributed by atoms with van der Waals surface area (Å²) >= 11 is 0. The van der Waals surface area contributed by atoms with Crippen LogP contribution in [0.2, 0.25) is 0 Å². The highest BCUT2D eigenvalue weighted by Crippen LogP contribution is 2.40. The Morgan fingerprint density at radius 1 is 1.21 bits per heavy atom. The topological polar surface area (TPSA) is 55.1 Å². The van der Waals surface area contributed by atoms with E-state index in [1.165, 1.54) is 19.3 Å². The maximum Gasteiger partial charge on any atom is 0.220 e. The van der Waals surface area contributed by atoms with E-state index >= 15 is 0 Å². The summed E-state index contributed by atoms with van der Waals surface area (Å²) in [5.41, 5.74) is 5.89. The Morgan fingerprint density at radius 3 is 2.37 bits per heavy atom. The summed E-state index contributed by atoms with van der Waals surface area (Å²) in [5, 5.41) is 3.19. The van der Waals surface area contributed by atoms with Crippen LogP contribution in [0.4, 0.5) is 0 Å². The van der Waals surface area contributed by atoms with Crippen molar-refractivity contribution in [2.24, 2.45) is 17.1 Å². The molecule has 1 amide bonds. The van der Waals surface area contributed by atoms with Crippen molar-refractivity contribution in [3.63, 3.8) is 0 Å². The average molecular weight is 268 g/mol. The maximum absolute atomic E-state index is 11.8. The van der Waals surface area contributed by atoms with Crippen LogP contribution in [0.25, 0.3) is 0 Å². The Labute approximate surface area is 118 Å². The minimum Gasteiger partial charge on any atom is -0.353 e. The average Bonchev–Trinajstić information content (AvgIpc) is 2.39. The zero-order valence-electron chi connectivity index (χ0n) is 13.0. The van der Waals surface area contributed by atoms with Crippen molar-refractivity contribution in [1.29, 1.82) is 0 Å². The number of hydrogen-bond acceptors (Lipinski definition) is 2. The molecule has 19 heavy (non-hydrogen) atoms. The van der Waals surface area contributed by atoms with Crippen molar-refractivity contribution in [2.75, 3.05) is 6.54 Å². The van der Waals surface area contributed by atoms with Gasteiger partial charge in [0.15, 0.2) is 0 Å². The molecule has 0 heterocycles. The summed E-state index contributed by atoms with van der Waals surface area (Å²) in [6.07, 6.45) is 8.56. The van der Waals surface area contributed by atoms with Gasteiger partial charge >= 0.3 is 0 Å². The Morgan fingerprint density at radius 2 is 1.84 bits per heavy atom. The summed E-state index contributed by atoms with van der Waals surface area (Å²) < 4.78 is 0. The third-order valence-corrected chi connectivity index (χ3v) is 4.97. The molecule has 3 heteroatoms. The molecule has 0 saturated heterocycles. The summed E-state index contributed by atoms with van der Waals surface area (Å²) in [5.74, 6) is 1.04. The molecule has 0 aliphatic heterocycles. The van der Waals surface area contributed by atoms with Crippen LogP contribution in [0.15, 0.2) is 0 Å². The number of hydrogen-bond donors (Lipinski definition) is 2. The molecule has 3 nitrogen and oxygen atoms in total. The number of amides is 1. The summed E-state index contributed by atoms with van der Waals surface area (Å²) in [4.78, 5) is 11.8. The molecular weight excluding hydrogens is 236 g/mol. The van der Waals surface area contributed by atoms with E-state index in [9.17, 15) is 4.79 Å². The van der Waals surface area contributed by atoms with Gasteiger partial charge < -0.3 is 11.1 Å². The smallest absolute Gasteiger partial charge is 0.220 e. The number of nitrogens with two attached hydrogens (primary N) is 1. The van der Waals surface area contributed by atoms with Crippen LogP contribution in [-0.2, 0) is 4.79 Å². The van der Waals surface area contributed by atoms with Crippen LogP contribution in [0.5, 0.6) is 0 Å². The van der Waals surface area contributed by atoms with E-state index in [2.05, 4.69) is 26.1 Å². The van der Waals surface area contributed by atoms with Crippen LogP contribution in [0.1, 0.15) is 72.1 Å². The first-order valence-corrected chi connectivity index (χ1v) is 7.99. The van der Waals surface area contributed by atoms with E-state index in [1.807, 2.05) is 0 Å². The highest BCUT2D eigenvalue weighted by Gasteiger charge is 2.31. The van der Waals surface area contributed by atoms with Gasteiger partial charge in [0.05, 0.1) is 0 Å². The molecule has 1 fully saturated rings. The van der Waals surface area contributed by atoms with E-state index in [4.69, 9.17) is 5.73 Å². The first-order valence-electron chi connectivity index (χ1n) is 7.99. The molecule has 1 aliphatic carbocycles. The van der Waals surface area contributed by atoms with Gasteiger partial charge in [-0.3, -0.25) is 4.79 Å². The minimum atomic E-state index is 0.214.